The summed E-state index contributed by atoms with van der Waals surface area (Å²) >= 11 is 4.12. The summed E-state index contributed by atoms with van der Waals surface area (Å²) < 4.78 is 1.56. The predicted octanol–water partition coefficient (Wildman–Crippen LogP) is 3.06. The highest BCUT2D eigenvalue weighted by molar-refractivity contribution is 14.1. The molecule has 0 saturated carbocycles. The van der Waals surface area contributed by atoms with Crippen molar-refractivity contribution in [1.29, 1.82) is 0 Å². The number of carbonyl (C=O) groups excluding carboxylic acids is 2. The number of para-hydroxylation sites is 1. The number of phenols is 1. The molecule has 3 rings (SSSR count). The number of hydrogen-bond donors (Lipinski definition) is 2. The van der Waals surface area contributed by atoms with Gasteiger partial charge in [0.15, 0.2) is 0 Å². The lowest BCUT2D eigenvalue weighted by atomic mass is 10.1. The second-order valence-electron chi connectivity index (χ2n) is 4.80. The molecular weight excluding hydrogens is 522 g/mol. The van der Waals surface area contributed by atoms with Crippen LogP contribution in [0.4, 0.5) is 5.69 Å². The minimum Gasteiger partial charge on any atom is -0.506 e. The van der Waals surface area contributed by atoms with Gasteiger partial charge in [-0.05, 0) is 75.5 Å². The second-order valence-corrected chi connectivity index (χ2v) is 7.21. The van der Waals surface area contributed by atoms with E-state index in [4.69, 9.17) is 0 Å². The third-order valence-electron chi connectivity index (χ3n) is 3.26. The molecule has 0 aliphatic carbocycles. The first-order valence-corrected chi connectivity index (χ1v) is 8.73. The van der Waals surface area contributed by atoms with E-state index >= 15 is 0 Å². The number of amides is 2. The van der Waals surface area contributed by atoms with Crippen LogP contribution in [0.5, 0.6) is 5.75 Å². The molecule has 1 fully saturated rings. The van der Waals surface area contributed by atoms with Crippen molar-refractivity contribution in [1.82, 2.24) is 5.43 Å². The molecule has 2 aromatic carbocycles. The lowest BCUT2D eigenvalue weighted by Gasteiger charge is -2.13. The van der Waals surface area contributed by atoms with Crippen LogP contribution in [0.1, 0.15) is 5.56 Å². The van der Waals surface area contributed by atoms with Gasteiger partial charge in [-0.15, -0.1) is 0 Å². The van der Waals surface area contributed by atoms with Gasteiger partial charge in [0.05, 0.1) is 9.26 Å². The number of nitrogens with zero attached hydrogens (tertiary/aromatic N) is 1. The van der Waals surface area contributed by atoms with E-state index in [0.29, 0.717) is 14.8 Å². The zero-order chi connectivity index (χ0) is 16.6. The molecule has 2 amide bonds. The lowest BCUT2D eigenvalue weighted by molar-refractivity contribution is -0.117. The van der Waals surface area contributed by atoms with Crippen LogP contribution >= 0.6 is 45.2 Å². The molecule has 2 aromatic rings. The lowest BCUT2D eigenvalue weighted by Crippen LogP contribution is -2.35. The fourth-order valence-corrected chi connectivity index (χ4v) is 4.06. The van der Waals surface area contributed by atoms with Crippen molar-refractivity contribution >= 4 is 68.8 Å². The summed E-state index contributed by atoms with van der Waals surface area (Å²) in [4.78, 5) is 24.6. The van der Waals surface area contributed by atoms with Crippen LogP contribution in [0.15, 0.2) is 48.0 Å². The Morgan fingerprint density at radius 3 is 2.48 bits per heavy atom. The average Bonchev–Trinajstić information content (AvgIpc) is 2.81. The molecule has 2 N–H and O–H groups in total. The predicted molar refractivity (Wildman–Crippen MR) is 104 cm³/mol. The van der Waals surface area contributed by atoms with E-state index in [9.17, 15) is 14.7 Å². The fourth-order valence-electron chi connectivity index (χ4n) is 2.17. The molecule has 0 spiro atoms. The minimum atomic E-state index is -0.493. The van der Waals surface area contributed by atoms with Gasteiger partial charge < -0.3 is 5.11 Å². The standard InChI is InChI=1S/C16H10I2N2O3/c17-10-6-9(14(21)13(18)8-10)7-12-15(22)19-20(16(12)23)11-4-2-1-3-5-11/h1-8,21H,(H,19,22). The molecule has 0 bridgehead atoms. The van der Waals surface area contributed by atoms with Crippen molar-refractivity contribution < 1.29 is 14.7 Å². The topological polar surface area (TPSA) is 69.6 Å². The van der Waals surface area contributed by atoms with Crippen LogP contribution in [0, 0.1) is 7.14 Å². The Morgan fingerprint density at radius 2 is 1.78 bits per heavy atom. The minimum absolute atomic E-state index is 0.0121. The highest BCUT2D eigenvalue weighted by atomic mass is 127. The Morgan fingerprint density at radius 1 is 1.09 bits per heavy atom. The van der Waals surface area contributed by atoms with E-state index in [1.165, 1.54) is 11.1 Å². The number of hydrazine groups is 1. The molecule has 0 atom stereocenters. The molecule has 1 heterocycles. The molecule has 5 nitrogen and oxygen atoms in total. The summed E-state index contributed by atoms with van der Waals surface area (Å²) in [5, 5.41) is 11.3. The maximum absolute atomic E-state index is 12.5. The van der Waals surface area contributed by atoms with Gasteiger partial charge in [-0.25, -0.2) is 5.01 Å². The van der Waals surface area contributed by atoms with Gasteiger partial charge in [0.2, 0.25) is 0 Å². The van der Waals surface area contributed by atoms with Crippen molar-refractivity contribution in [2.45, 2.75) is 0 Å². The quantitative estimate of drug-likeness (QED) is 0.355. The van der Waals surface area contributed by atoms with Crippen molar-refractivity contribution in [2.75, 3.05) is 5.01 Å². The van der Waals surface area contributed by atoms with Crippen LogP contribution in [0.3, 0.4) is 0 Å². The van der Waals surface area contributed by atoms with E-state index in [0.717, 1.165) is 3.57 Å². The number of carbonyl (C=O) groups is 2. The molecular formula is C16H10I2N2O3. The number of hydrogen-bond acceptors (Lipinski definition) is 3. The van der Waals surface area contributed by atoms with Gasteiger partial charge in [0.25, 0.3) is 11.8 Å². The molecule has 1 aliphatic heterocycles. The summed E-state index contributed by atoms with van der Waals surface area (Å²) in [6, 6.07) is 12.4. The van der Waals surface area contributed by atoms with Gasteiger partial charge in [-0.3, -0.25) is 15.0 Å². The Hall–Kier alpha value is -1.62. The summed E-state index contributed by atoms with van der Waals surface area (Å²) in [7, 11) is 0. The van der Waals surface area contributed by atoms with Crippen LogP contribution < -0.4 is 10.4 Å². The van der Waals surface area contributed by atoms with E-state index in [-0.39, 0.29) is 11.3 Å². The molecule has 116 valence electrons. The fraction of sp³-hybridized carbons (Fsp3) is 0. The van der Waals surface area contributed by atoms with Crippen LogP contribution in [-0.2, 0) is 9.59 Å². The van der Waals surface area contributed by atoms with Crippen molar-refractivity contribution in [3.63, 3.8) is 0 Å². The van der Waals surface area contributed by atoms with Crippen molar-refractivity contribution in [3.05, 3.63) is 60.7 Å². The zero-order valence-corrected chi connectivity index (χ0v) is 15.9. The molecule has 0 aromatic heterocycles. The van der Waals surface area contributed by atoms with E-state index < -0.39 is 11.8 Å². The first-order chi connectivity index (χ1) is 11.0. The summed E-state index contributed by atoms with van der Waals surface area (Å²) in [5.41, 5.74) is 3.54. The molecule has 23 heavy (non-hydrogen) atoms. The first-order valence-electron chi connectivity index (χ1n) is 6.57. The normalized spacial score (nSPS) is 16.1. The number of anilines is 1. The molecule has 1 aliphatic rings. The second kappa shape index (κ2) is 6.48. The highest BCUT2D eigenvalue weighted by Gasteiger charge is 2.34. The molecule has 0 radical (unpaired) electrons. The number of aromatic hydroxyl groups is 1. The Bertz CT molecular complexity index is 835. The van der Waals surface area contributed by atoms with Crippen LogP contribution in [0.2, 0.25) is 0 Å². The average molecular weight is 532 g/mol. The van der Waals surface area contributed by atoms with Gasteiger partial charge >= 0.3 is 0 Å². The number of halogens is 2. The zero-order valence-electron chi connectivity index (χ0n) is 11.6. The van der Waals surface area contributed by atoms with E-state index in [1.807, 2.05) is 34.7 Å². The van der Waals surface area contributed by atoms with Gasteiger partial charge in [0.1, 0.15) is 11.3 Å². The smallest absolute Gasteiger partial charge is 0.282 e. The Balaban J connectivity index is 2.01. The van der Waals surface area contributed by atoms with Gasteiger partial charge in [-0.1, -0.05) is 18.2 Å². The number of rotatable bonds is 2. The number of nitrogens with one attached hydrogen (secondary N) is 1. The third-order valence-corrected chi connectivity index (χ3v) is 4.71. The highest BCUT2D eigenvalue weighted by Crippen LogP contribution is 2.30. The monoisotopic (exact) mass is 532 g/mol. The van der Waals surface area contributed by atoms with Crippen LogP contribution in [-0.4, -0.2) is 16.9 Å². The molecule has 7 heteroatoms. The van der Waals surface area contributed by atoms with E-state index in [1.54, 1.807) is 30.3 Å². The van der Waals surface area contributed by atoms with Gasteiger partial charge in [-0.2, -0.15) is 0 Å². The van der Waals surface area contributed by atoms with Gasteiger partial charge in [0, 0.05) is 9.13 Å². The first kappa shape index (κ1) is 16.2. The third kappa shape index (κ3) is 3.20. The van der Waals surface area contributed by atoms with E-state index in [2.05, 4.69) is 28.0 Å². The summed E-state index contributed by atoms with van der Waals surface area (Å²) in [6.45, 7) is 0. The summed E-state index contributed by atoms with van der Waals surface area (Å²) in [5.74, 6) is -0.890. The SMILES string of the molecule is O=C1NN(c2ccccc2)C(=O)C1=Cc1cc(I)cc(I)c1O. The summed E-state index contributed by atoms with van der Waals surface area (Å²) in [6.07, 6.45) is 1.42. The largest absolute Gasteiger partial charge is 0.506 e. The van der Waals surface area contributed by atoms with Crippen LogP contribution in [0.25, 0.3) is 6.08 Å². The maximum Gasteiger partial charge on any atom is 0.282 e. The molecule has 0 unspecified atom stereocenters. The number of phenolic OH excluding ortho intramolecular Hbond substituents is 1. The maximum atomic E-state index is 12.5. The number of benzene rings is 2. The van der Waals surface area contributed by atoms with Crippen molar-refractivity contribution in [3.8, 4) is 5.75 Å². The Kier molecular flexibility index (Phi) is 4.57. The van der Waals surface area contributed by atoms with Crippen molar-refractivity contribution in [2.24, 2.45) is 0 Å². The Labute approximate surface area is 159 Å². The molecule has 1 saturated heterocycles.